The van der Waals surface area contributed by atoms with Crippen LogP contribution in [0, 0.1) is 5.41 Å². The van der Waals surface area contributed by atoms with Gasteiger partial charge in [0, 0.05) is 6.92 Å². The van der Waals surface area contributed by atoms with Crippen molar-refractivity contribution in [3.8, 4) is 0 Å². The predicted molar refractivity (Wildman–Crippen MR) is 65.9 cm³/mol. The van der Waals surface area contributed by atoms with E-state index in [0.717, 1.165) is 6.92 Å². The molecule has 1 unspecified atom stereocenters. The first-order valence-corrected chi connectivity index (χ1v) is 5.87. The third-order valence-corrected chi connectivity index (χ3v) is 2.66. The van der Waals surface area contributed by atoms with Crippen LogP contribution < -0.4 is 11.2 Å². The second-order valence-corrected chi connectivity index (χ2v) is 4.21. The lowest BCUT2D eigenvalue weighted by Gasteiger charge is -2.31. The quantitative estimate of drug-likeness (QED) is 0.273. The van der Waals surface area contributed by atoms with Crippen molar-refractivity contribution in [3.63, 3.8) is 0 Å². The first-order chi connectivity index (χ1) is 10.4. The van der Waals surface area contributed by atoms with Crippen molar-refractivity contribution in [2.24, 2.45) is 11.1 Å². The van der Waals surface area contributed by atoms with Gasteiger partial charge in [-0.05, 0) is 6.92 Å². The van der Waals surface area contributed by atoms with E-state index in [9.17, 15) is 37.1 Å². The lowest BCUT2D eigenvalue weighted by atomic mass is 9.78. The molecule has 0 aliphatic rings. The molecular weight excluding hydrogens is 327 g/mol. The van der Waals surface area contributed by atoms with Gasteiger partial charge >= 0.3 is 12.1 Å². The van der Waals surface area contributed by atoms with Crippen molar-refractivity contribution >= 4 is 29.4 Å². The number of ether oxygens (including phenoxy) is 1. The predicted octanol–water partition coefficient (Wildman–Crippen LogP) is -1.34. The second kappa shape index (κ2) is 7.17. The van der Waals surface area contributed by atoms with Crippen molar-refractivity contribution in [2.75, 3.05) is 13.8 Å². The fraction of sp³-hybridized carbons (Fsp3) is 0.545. The Kier molecular flexibility index (Phi) is 6.39. The monoisotopic (exact) mass is 341 g/mol. The van der Waals surface area contributed by atoms with Crippen LogP contribution in [0.5, 0.6) is 0 Å². The number of nitrogens with zero attached hydrogens (tertiary/aromatic N) is 1. The molecule has 0 aliphatic carbocycles. The Morgan fingerprint density at radius 3 is 1.87 bits per heavy atom. The second-order valence-electron chi connectivity index (χ2n) is 4.21. The van der Waals surface area contributed by atoms with Crippen molar-refractivity contribution < 1.29 is 41.9 Å². The summed E-state index contributed by atoms with van der Waals surface area (Å²) in [5, 5.41) is 0.0459. The molecule has 0 fully saturated rings. The van der Waals surface area contributed by atoms with Crippen LogP contribution in [0.3, 0.4) is 0 Å². The van der Waals surface area contributed by atoms with Gasteiger partial charge in [-0.3, -0.25) is 24.6 Å². The van der Waals surface area contributed by atoms with Crippen molar-refractivity contribution in [1.82, 2.24) is 10.4 Å². The molecule has 0 rings (SSSR count). The van der Waals surface area contributed by atoms with Gasteiger partial charge in [-0.2, -0.15) is 13.2 Å². The van der Waals surface area contributed by atoms with Crippen LogP contribution in [0.1, 0.15) is 13.8 Å². The van der Waals surface area contributed by atoms with Crippen LogP contribution in [-0.4, -0.2) is 54.3 Å². The molecule has 0 aromatic rings. The number of esters is 1. The molecule has 12 heteroatoms. The molecule has 0 spiro atoms. The average molecular weight is 341 g/mol. The van der Waals surface area contributed by atoms with E-state index >= 15 is 0 Å². The van der Waals surface area contributed by atoms with Crippen LogP contribution in [0.15, 0.2) is 0 Å². The molecule has 2 amide bonds. The van der Waals surface area contributed by atoms with E-state index in [2.05, 4.69) is 4.74 Å². The number of ketones is 2. The highest BCUT2D eigenvalue weighted by molar-refractivity contribution is 6.37. The SMILES string of the molecule is COC(=O)C(C(C)=O)(C(=O)N(CN)NC(C)=O)C(=O)C(F)(F)F. The van der Waals surface area contributed by atoms with E-state index < -0.39 is 47.6 Å². The lowest BCUT2D eigenvalue weighted by Crippen LogP contribution is -2.64. The molecule has 9 nitrogen and oxygen atoms in total. The number of hydrogen-bond acceptors (Lipinski definition) is 7. The number of nitrogens with two attached hydrogens (primary N) is 1. The minimum atomic E-state index is -5.70. The largest absolute Gasteiger partial charge is 0.468 e. The number of Topliss-reactive ketones (excluding diaryl/α,β-unsaturated/α-hetero) is 2. The zero-order valence-electron chi connectivity index (χ0n) is 12.3. The summed E-state index contributed by atoms with van der Waals surface area (Å²) in [4.78, 5) is 58.3. The summed E-state index contributed by atoms with van der Waals surface area (Å²) in [6, 6.07) is 0. The summed E-state index contributed by atoms with van der Waals surface area (Å²) in [7, 11) is 0.585. The Morgan fingerprint density at radius 1 is 1.13 bits per heavy atom. The standard InChI is InChI=1S/C11H14F3N3O6/c1-5(18)10(9(22)23-3,7(20)11(12,13)14)8(21)17(4-15)16-6(2)19/h4,15H2,1-3H3,(H,16,19). The van der Waals surface area contributed by atoms with Gasteiger partial charge < -0.3 is 10.5 Å². The number of methoxy groups -OCH3 is 1. The number of hydrazine groups is 1. The lowest BCUT2D eigenvalue weighted by molar-refractivity contribution is -0.194. The van der Waals surface area contributed by atoms with Crippen LogP contribution in [0.25, 0.3) is 0 Å². The Morgan fingerprint density at radius 2 is 1.61 bits per heavy atom. The number of alkyl halides is 3. The van der Waals surface area contributed by atoms with Gasteiger partial charge in [0.25, 0.3) is 17.1 Å². The van der Waals surface area contributed by atoms with Gasteiger partial charge in [-0.1, -0.05) is 0 Å². The van der Waals surface area contributed by atoms with Gasteiger partial charge in [0.15, 0.2) is 5.78 Å². The molecule has 0 saturated carbocycles. The van der Waals surface area contributed by atoms with Crippen molar-refractivity contribution in [2.45, 2.75) is 20.0 Å². The van der Waals surface area contributed by atoms with E-state index in [1.807, 2.05) is 0 Å². The average Bonchev–Trinajstić information content (AvgIpc) is 2.43. The number of hydrogen-bond donors (Lipinski definition) is 2. The molecule has 0 aromatic heterocycles. The number of carbonyl (C=O) groups excluding carboxylic acids is 5. The van der Waals surface area contributed by atoms with Gasteiger partial charge in [0.2, 0.25) is 5.91 Å². The molecular formula is C11H14F3N3O6. The number of rotatable bonds is 5. The number of carbonyl (C=O) groups is 5. The van der Waals surface area contributed by atoms with E-state index in [-0.39, 0.29) is 5.01 Å². The topological polar surface area (TPSA) is 136 Å². The van der Waals surface area contributed by atoms with E-state index in [1.165, 1.54) is 0 Å². The van der Waals surface area contributed by atoms with Crippen molar-refractivity contribution in [1.29, 1.82) is 0 Å². The Bertz CT molecular complexity index is 548. The molecule has 0 saturated heterocycles. The number of halogens is 3. The Balaban J connectivity index is 6.39. The molecule has 3 N–H and O–H groups in total. The summed E-state index contributed by atoms with van der Waals surface area (Å²) in [5.41, 5.74) is 2.97. The first-order valence-electron chi connectivity index (χ1n) is 5.87. The minimum Gasteiger partial charge on any atom is -0.468 e. The normalized spacial score (nSPS) is 13.5. The zero-order valence-corrected chi connectivity index (χ0v) is 12.3. The van der Waals surface area contributed by atoms with Crippen molar-refractivity contribution in [3.05, 3.63) is 0 Å². The van der Waals surface area contributed by atoms with E-state index in [4.69, 9.17) is 5.73 Å². The summed E-state index contributed by atoms with van der Waals surface area (Å²) >= 11 is 0. The van der Waals surface area contributed by atoms with Crippen LogP contribution in [0.2, 0.25) is 0 Å². The highest BCUT2D eigenvalue weighted by Gasteiger charge is 2.67. The summed E-state index contributed by atoms with van der Waals surface area (Å²) in [6.07, 6.45) is -5.70. The minimum absolute atomic E-state index is 0.0459. The number of amides is 2. The van der Waals surface area contributed by atoms with Gasteiger partial charge in [-0.25, -0.2) is 9.80 Å². The maximum atomic E-state index is 12.8. The van der Waals surface area contributed by atoms with E-state index in [0.29, 0.717) is 14.0 Å². The summed E-state index contributed by atoms with van der Waals surface area (Å²) in [6.45, 7) is 0.408. The third-order valence-electron chi connectivity index (χ3n) is 2.66. The summed E-state index contributed by atoms with van der Waals surface area (Å²) < 4.78 is 42.4. The maximum absolute atomic E-state index is 12.8. The fourth-order valence-corrected chi connectivity index (χ4v) is 1.67. The van der Waals surface area contributed by atoms with Gasteiger partial charge in [-0.15, -0.1) is 0 Å². The molecule has 130 valence electrons. The molecule has 0 bridgehead atoms. The third kappa shape index (κ3) is 3.83. The fourth-order valence-electron chi connectivity index (χ4n) is 1.67. The first kappa shape index (κ1) is 20.5. The Hall–Kier alpha value is -2.50. The Labute approximate surface area is 127 Å². The van der Waals surface area contributed by atoms with Crippen LogP contribution in [-0.2, 0) is 28.7 Å². The van der Waals surface area contributed by atoms with Crippen LogP contribution >= 0.6 is 0 Å². The highest BCUT2D eigenvalue weighted by atomic mass is 19.4. The molecule has 0 aromatic carbocycles. The summed E-state index contributed by atoms with van der Waals surface area (Å²) in [5.74, 6) is -9.64. The highest BCUT2D eigenvalue weighted by Crippen LogP contribution is 2.33. The van der Waals surface area contributed by atoms with Gasteiger partial charge in [0.1, 0.15) is 0 Å². The number of nitrogens with one attached hydrogen (secondary N) is 1. The zero-order chi connectivity index (χ0) is 18.6. The molecule has 23 heavy (non-hydrogen) atoms. The molecule has 0 radical (unpaired) electrons. The maximum Gasteiger partial charge on any atom is 0.452 e. The molecule has 0 aliphatic heterocycles. The molecule has 0 heterocycles. The smallest absolute Gasteiger partial charge is 0.452 e. The van der Waals surface area contributed by atoms with E-state index in [1.54, 1.807) is 5.43 Å². The van der Waals surface area contributed by atoms with Crippen LogP contribution in [0.4, 0.5) is 13.2 Å². The van der Waals surface area contributed by atoms with Gasteiger partial charge in [0.05, 0.1) is 13.8 Å². The molecule has 1 atom stereocenters.